The summed E-state index contributed by atoms with van der Waals surface area (Å²) in [4.78, 5) is 2.15. The van der Waals surface area contributed by atoms with Crippen molar-refractivity contribution in [2.75, 3.05) is 46.9 Å². The zero-order chi connectivity index (χ0) is 13.2. The van der Waals surface area contributed by atoms with E-state index in [1.807, 2.05) is 31.2 Å². The van der Waals surface area contributed by atoms with Crippen molar-refractivity contribution in [1.82, 2.24) is 10.2 Å². The van der Waals surface area contributed by atoms with Gasteiger partial charge in [0.15, 0.2) is 0 Å². The van der Waals surface area contributed by atoms with Crippen molar-refractivity contribution < 1.29 is 9.47 Å². The fraction of sp³-hybridized carbons (Fsp3) is 0.571. The molecule has 0 aliphatic heterocycles. The van der Waals surface area contributed by atoms with Crippen molar-refractivity contribution in [3.63, 3.8) is 0 Å². The quantitative estimate of drug-likeness (QED) is 0.677. The van der Waals surface area contributed by atoms with Crippen LogP contribution in [-0.4, -0.2) is 51.8 Å². The lowest BCUT2D eigenvalue weighted by atomic mass is 10.3. The highest BCUT2D eigenvalue weighted by Gasteiger charge is 1.96. The van der Waals surface area contributed by atoms with Gasteiger partial charge in [-0.2, -0.15) is 0 Å². The second-order valence-electron chi connectivity index (χ2n) is 4.31. The molecule has 4 nitrogen and oxygen atoms in total. The van der Waals surface area contributed by atoms with Crippen molar-refractivity contribution >= 4 is 0 Å². The Labute approximate surface area is 110 Å². The summed E-state index contributed by atoms with van der Waals surface area (Å²) in [6.45, 7) is 6.24. The van der Waals surface area contributed by atoms with E-state index in [0.717, 1.165) is 31.1 Å². The summed E-state index contributed by atoms with van der Waals surface area (Å²) < 4.78 is 11.0. The summed E-state index contributed by atoms with van der Waals surface area (Å²) in [5.74, 6) is 1.77. The van der Waals surface area contributed by atoms with Gasteiger partial charge in [0.1, 0.15) is 18.1 Å². The molecule has 0 atom stereocenters. The van der Waals surface area contributed by atoms with Crippen molar-refractivity contribution in [3.8, 4) is 11.5 Å². The fourth-order valence-corrected chi connectivity index (χ4v) is 1.47. The van der Waals surface area contributed by atoms with Crippen molar-refractivity contribution in [2.45, 2.75) is 6.92 Å². The molecule has 0 fully saturated rings. The van der Waals surface area contributed by atoms with Crippen LogP contribution in [0.2, 0.25) is 0 Å². The molecule has 1 aromatic carbocycles. The van der Waals surface area contributed by atoms with Crippen LogP contribution < -0.4 is 14.8 Å². The minimum atomic E-state index is 0.682. The Balaban J connectivity index is 2.11. The summed E-state index contributed by atoms with van der Waals surface area (Å²) in [5, 5.41) is 3.33. The first kappa shape index (κ1) is 14.8. The number of benzene rings is 1. The zero-order valence-electron chi connectivity index (χ0n) is 11.6. The fourth-order valence-electron chi connectivity index (χ4n) is 1.47. The molecule has 1 rings (SSSR count). The molecule has 0 aliphatic carbocycles. The number of nitrogens with one attached hydrogen (secondary N) is 1. The van der Waals surface area contributed by atoms with Crippen molar-refractivity contribution in [3.05, 3.63) is 24.3 Å². The third-order valence-corrected chi connectivity index (χ3v) is 2.42. The van der Waals surface area contributed by atoms with Gasteiger partial charge in [-0.15, -0.1) is 0 Å². The average molecular weight is 252 g/mol. The topological polar surface area (TPSA) is 33.7 Å². The second-order valence-corrected chi connectivity index (χ2v) is 4.31. The van der Waals surface area contributed by atoms with Gasteiger partial charge < -0.3 is 19.7 Å². The molecule has 0 aromatic heterocycles. The molecule has 0 aliphatic rings. The van der Waals surface area contributed by atoms with E-state index in [1.54, 1.807) is 0 Å². The van der Waals surface area contributed by atoms with Crippen LogP contribution in [-0.2, 0) is 0 Å². The highest BCUT2D eigenvalue weighted by atomic mass is 16.5. The Hall–Kier alpha value is -1.26. The molecule has 1 N–H and O–H groups in total. The van der Waals surface area contributed by atoms with Gasteiger partial charge in [0.25, 0.3) is 0 Å². The minimum absolute atomic E-state index is 0.682. The van der Waals surface area contributed by atoms with Gasteiger partial charge in [-0.05, 0) is 45.3 Å². The molecule has 0 heterocycles. The van der Waals surface area contributed by atoms with Gasteiger partial charge in [-0.3, -0.25) is 0 Å². The van der Waals surface area contributed by atoms with Gasteiger partial charge in [0, 0.05) is 19.6 Å². The number of likely N-dealkylation sites (N-methyl/N-ethyl adjacent to an activating group) is 1. The van der Waals surface area contributed by atoms with E-state index in [0.29, 0.717) is 13.2 Å². The van der Waals surface area contributed by atoms with Gasteiger partial charge in [0.2, 0.25) is 0 Å². The lowest BCUT2D eigenvalue weighted by molar-refractivity contribution is 0.306. The van der Waals surface area contributed by atoms with Crippen LogP contribution >= 0.6 is 0 Å². The average Bonchev–Trinajstić information content (AvgIpc) is 2.35. The predicted octanol–water partition coefficient (Wildman–Crippen LogP) is 1.62. The predicted molar refractivity (Wildman–Crippen MR) is 74.5 cm³/mol. The molecule has 0 radical (unpaired) electrons. The Morgan fingerprint density at radius 1 is 1.00 bits per heavy atom. The zero-order valence-corrected chi connectivity index (χ0v) is 11.6. The van der Waals surface area contributed by atoms with E-state index in [-0.39, 0.29) is 0 Å². The summed E-state index contributed by atoms with van der Waals surface area (Å²) >= 11 is 0. The summed E-state index contributed by atoms with van der Waals surface area (Å²) in [6.07, 6.45) is 0. The standard InChI is InChI=1S/C14H24N2O2/c1-4-17-13-5-7-14(8-6-13)18-12-10-15-9-11-16(2)3/h5-8,15H,4,9-12H2,1-3H3. The Morgan fingerprint density at radius 2 is 1.61 bits per heavy atom. The summed E-state index contributed by atoms with van der Waals surface area (Å²) in [6, 6.07) is 7.73. The van der Waals surface area contributed by atoms with Crippen LogP contribution in [0, 0.1) is 0 Å². The molecule has 0 spiro atoms. The Morgan fingerprint density at radius 3 is 2.17 bits per heavy atom. The largest absolute Gasteiger partial charge is 0.494 e. The molecule has 0 amide bonds. The molecule has 0 saturated heterocycles. The maximum Gasteiger partial charge on any atom is 0.119 e. The maximum absolute atomic E-state index is 5.61. The maximum atomic E-state index is 5.61. The molecular weight excluding hydrogens is 228 g/mol. The van der Waals surface area contributed by atoms with Crippen LogP contribution in [0.1, 0.15) is 6.92 Å². The number of rotatable bonds is 9. The van der Waals surface area contributed by atoms with Crippen LogP contribution in [0.15, 0.2) is 24.3 Å². The van der Waals surface area contributed by atoms with E-state index >= 15 is 0 Å². The molecule has 1 aromatic rings. The molecular formula is C14H24N2O2. The van der Waals surface area contributed by atoms with Crippen LogP contribution in [0.3, 0.4) is 0 Å². The second kappa shape index (κ2) is 8.78. The minimum Gasteiger partial charge on any atom is -0.494 e. The highest BCUT2D eigenvalue weighted by Crippen LogP contribution is 2.17. The lowest BCUT2D eigenvalue weighted by Crippen LogP contribution is -2.29. The van der Waals surface area contributed by atoms with Crippen molar-refractivity contribution in [2.24, 2.45) is 0 Å². The van der Waals surface area contributed by atoms with Crippen LogP contribution in [0.5, 0.6) is 11.5 Å². The normalized spacial score (nSPS) is 10.7. The summed E-state index contributed by atoms with van der Waals surface area (Å²) in [7, 11) is 4.14. The highest BCUT2D eigenvalue weighted by molar-refractivity contribution is 5.31. The molecule has 0 unspecified atom stereocenters. The summed E-state index contributed by atoms with van der Waals surface area (Å²) in [5.41, 5.74) is 0. The molecule has 0 saturated carbocycles. The Bertz CT molecular complexity index is 312. The van der Waals surface area contributed by atoms with E-state index in [9.17, 15) is 0 Å². The number of nitrogens with zero attached hydrogens (tertiary/aromatic N) is 1. The lowest BCUT2D eigenvalue weighted by Gasteiger charge is -2.11. The van der Waals surface area contributed by atoms with Crippen LogP contribution in [0.4, 0.5) is 0 Å². The third-order valence-electron chi connectivity index (χ3n) is 2.42. The van der Waals surface area contributed by atoms with E-state index in [1.165, 1.54) is 0 Å². The number of ether oxygens (including phenoxy) is 2. The SMILES string of the molecule is CCOc1ccc(OCCNCCN(C)C)cc1. The first-order valence-corrected chi connectivity index (χ1v) is 6.43. The molecule has 4 heteroatoms. The molecule has 102 valence electrons. The Kier molecular flexibility index (Phi) is 7.22. The molecule has 0 bridgehead atoms. The first-order valence-electron chi connectivity index (χ1n) is 6.43. The number of hydrogen-bond donors (Lipinski definition) is 1. The van der Waals surface area contributed by atoms with Crippen LogP contribution in [0.25, 0.3) is 0 Å². The van der Waals surface area contributed by atoms with Gasteiger partial charge in [-0.25, -0.2) is 0 Å². The number of hydrogen-bond acceptors (Lipinski definition) is 4. The first-order chi connectivity index (χ1) is 8.72. The monoisotopic (exact) mass is 252 g/mol. The van der Waals surface area contributed by atoms with Gasteiger partial charge in [-0.1, -0.05) is 0 Å². The van der Waals surface area contributed by atoms with E-state index in [4.69, 9.17) is 9.47 Å². The van der Waals surface area contributed by atoms with E-state index < -0.39 is 0 Å². The van der Waals surface area contributed by atoms with Gasteiger partial charge >= 0.3 is 0 Å². The smallest absolute Gasteiger partial charge is 0.119 e. The van der Waals surface area contributed by atoms with Crippen molar-refractivity contribution in [1.29, 1.82) is 0 Å². The third kappa shape index (κ3) is 6.47. The molecule has 18 heavy (non-hydrogen) atoms. The van der Waals surface area contributed by atoms with E-state index in [2.05, 4.69) is 24.3 Å². The van der Waals surface area contributed by atoms with Gasteiger partial charge in [0.05, 0.1) is 6.61 Å².